The summed E-state index contributed by atoms with van der Waals surface area (Å²) in [6.07, 6.45) is 2.12. The van der Waals surface area contributed by atoms with Crippen molar-refractivity contribution >= 4 is 16.6 Å². The monoisotopic (exact) mass is 417 g/mol. The fourth-order valence-corrected chi connectivity index (χ4v) is 3.78. The minimum atomic E-state index is -0.674. The average Bonchev–Trinajstić information content (AvgIpc) is 2.78. The number of nitriles is 1. The van der Waals surface area contributed by atoms with Gasteiger partial charge < -0.3 is 9.88 Å². The minimum absolute atomic E-state index is 0.0771. The van der Waals surface area contributed by atoms with Crippen molar-refractivity contribution in [3.05, 3.63) is 88.0 Å². The summed E-state index contributed by atoms with van der Waals surface area (Å²) in [5, 5.41) is 10.9. The Morgan fingerprint density at radius 1 is 1.23 bits per heavy atom. The Labute approximate surface area is 182 Å². The predicted octanol–water partition coefficient (Wildman–Crippen LogP) is 5.39. The molecule has 3 aromatic rings. The molecular weight excluding hydrogens is 389 g/mol. The van der Waals surface area contributed by atoms with E-state index in [2.05, 4.69) is 17.6 Å². The van der Waals surface area contributed by atoms with Gasteiger partial charge in [0.1, 0.15) is 5.82 Å². The number of H-pyrrole nitrogens is 1. The lowest BCUT2D eigenvalue weighted by atomic mass is 9.79. The van der Waals surface area contributed by atoms with Crippen molar-refractivity contribution in [1.82, 2.24) is 9.88 Å². The van der Waals surface area contributed by atoms with Gasteiger partial charge in [0.05, 0.1) is 11.5 Å². The molecule has 0 saturated carbocycles. The minimum Gasteiger partial charge on any atom is -0.375 e. The van der Waals surface area contributed by atoms with E-state index in [0.29, 0.717) is 12.8 Å². The van der Waals surface area contributed by atoms with Gasteiger partial charge in [0.2, 0.25) is 0 Å². The Morgan fingerprint density at radius 3 is 2.58 bits per heavy atom. The van der Waals surface area contributed by atoms with Crippen molar-refractivity contribution in [1.29, 1.82) is 5.26 Å². The Kier molecular flexibility index (Phi) is 6.60. The lowest BCUT2D eigenvalue weighted by Crippen LogP contribution is -2.24. The Bertz CT molecular complexity index is 1190. The Balaban J connectivity index is 1.72. The molecule has 160 valence electrons. The van der Waals surface area contributed by atoms with Gasteiger partial charge in [0, 0.05) is 30.4 Å². The second-order valence-corrected chi connectivity index (χ2v) is 8.20. The third-order valence-electron chi connectivity index (χ3n) is 6.00. The molecule has 1 atom stereocenters. The molecule has 3 rings (SSSR count). The van der Waals surface area contributed by atoms with E-state index >= 15 is 0 Å². The van der Waals surface area contributed by atoms with Crippen LogP contribution in [0.25, 0.3) is 16.6 Å². The van der Waals surface area contributed by atoms with Crippen molar-refractivity contribution in [2.45, 2.75) is 38.5 Å². The number of nitrogens with zero attached hydrogens (tertiary/aromatic N) is 2. The van der Waals surface area contributed by atoms with E-state index in [9.17, 15) is 14.4 Å². The summed E-state index contributed by atoms with van der Waals surface area (Å²) >= 11 is 0. The SMILES string of the molecule is C=C(c1ccc(F)cc1)N(C)CCCC(C)(C#N)c1ccc2cc(CC)c(=O)[nH]c2c1. The maximum Gasteiger partial charge on any atom is 0.251 e. The van der Waals surface area contributed by atoms with Gasteiger partial charge in [-0.1, -0.05) is 37.8 Å². The molecule has 1 N–H and O–H groups in total. The molecular formula is C26H28FN3O. The van der Waals surface area contributed by atoms with E-state index in [1.165, 1.54) is 12.1 Å². The normalized spacial score (nSPS) is 12.9. The maximum absolute atomic E-state index is 13.1. The molecule has 0 aliphatic rings. The van der Waals surface area contributed by atoms with E-state index in [0.717, 1.165) is 46.3 Å². The van der Waals surface area contributed by atoms with Gasteiger partial charge >= 0.3 is 0 Å². The molecule has 0 aliphatic carbocycles. The Morgan fingerprint density at radius 2 is 1.94 bits per heavy atom. The van der Waals surface area contributed by atoms with Crippen LogP contribution in [0, 0.1) is 17.1 Å². The molecule has 0 aliphatic heterocycles. The highest BCUT2D eigenvalue weighted by atomic mass is 19.1. The van der Waals surface area contributed by atoms with Crippen molar-refractivity contribution in [2.75, 3.05) is 13.6 Å². The van der Waals surface area contributed by atoms with Crippen LogP contribution in [0.3, 0.4) is 0 Å². The highest BCUT2D eigenvalue weighted by molar-refractivity contribution is 5.80. The first-order chi connectivity index (χ1) is 14.8. The number of rotatable bonds is 8. The number of aromatic amines is 1. The third kappa shape index (κ3) is 4.86. The first-order valence-corrected chi connectivity index (χ1v) is 10.5. The van der Waals surface area contributed by atoms with Crippen LogP contribution < -0.4 is 5.56 Å². The fraction of sp³-hybridized carbons (Fsp3) is 0.308. The lowest BCUT2D eigenvalue weighted by molar-refractivity contribution is 0.422. The van der Waals surface area contributed by atoms with Crippen LogP contribution in [0.2, 0.25) is 0 Å². The van der Waals surface area contributed by atoms with E-state index in [-0.39, 0.29) is 11.4 Å². The summed E-state index contributed by atoms with van der Waals surface area (Å²) in [4.78, 5) is 17.2. The molecule has 0 amide bonds. The third-order valence-corrected chi connectivity index (χ3v) is 6.00. The van der Waals surface area contributed by atoms with Gasteiger partial charge in [-0.05, 0) is 67.0 Å². The van der Waals surface area contributed by atoms with Crippen molar-refractivity contribution in [2.24, 2.45) is 0 Å². The number of halogens is 1. The smallest absolute Gasteiger partial charge is 0.251 e. The van der Waals surface area contributed by atoms with Crippen LogP contribution >= 0.6 is 0 Å². The number of hydrogen-bond acceptors (Lipinski definition) is 3. The van der Waals surface area contributed by atoms with Crippen LogP contribution in [0.1, 0.15) is 43.4 Å². The zero-order chi connectivity index (χ0) is 22.6. The van der Waals surface area contributed by atoms with Gasteiger partial charge in [0.25, 0.3) is 5.56 Å². The molecule has 4 nitrogen and oxygen atoms in total. The fourth-order valence-electron chi connectivity index (χ4n) is 3.78. The molecule has 0 saturated heterocycles. The van der Waals surface area contributed by atoms with Gasteiger partial charge in [-0.2, -0.15) is 5.26 Å². The average molecular weight is 418 g/mol. The molecule has 1 unspecified atom stereocenters. The highest BCUT2D eigenvalue weighted by Gasteiger charge is 2.26. The van der Waals surface area contributed by atoms with Crippen molar-refractivity contribution < 1.29 is 4.39 Å². The second kappa shape index (κ2) is 9.18. The molecule has 0 fully saturated rings. The van der Waals surface area contributed by atoms with E-state index in [1.807, 2.05) is 50.1 Å². The summed E-state index contributed by atoms with van der Waals surface area (Å²) in [5.74, 6) is -0.272. The number of fused-ring (bicyclic) bond motifs is 1. The van der Waals surface area contributed by atoms with E-state index in [4.69, 9.17) is 0 Å². The van der Waals surface area contributed by atoms with Gasteiger partial charge in [-0.25, -0.2) is 4.39 Å². The molecule has 2 aromatic carbocycles. The molecule has 1 heterocycles. The summed E-state index contributed by atoms with van der Waals surface area (Å²) in [6.45, 7) is 8.72. The standard InChI is InChI=1S/C26H28FN3O/c1-5-19-15-21-7-10-22(16-24(21)29-25(19)31)26(3,17-28)13-6-14-30(4)18(2)20-8-11-23(27)12-9-20/h7-12,15-16H,2,5-6,13-14H2,1,3-4H3,(H,29,31). The summed E-state index contributed by atoms with van der Waals surface area (Å²) in [7, 11) is 1.95. The quantitative estimate of drug-likeness (QED) is 0.534. The van der Waals surface area contributed by atoms with Crippen molar-refractivity contribution in [3.8, 4) is 6.07 Å². The van der Waals surface area contributed by atoms with Crippen LogP contribution in [-0.2, 0) is 11.8 Å². The molecule has 0 spiro atoms. The maximum atomic E-state index is 13.1. The van der Waals surface area contributed by atoms with E-state index in [1.54, 1.807) is 12.1 Å². The lowest BCUT2D eigenvalue weighted by Gasteiger charge is -2.26. The van der Waals surface area contributed by atoms with Crippen LogP contribution in [0.4, 0.5) is 4.39 Å². The predicted molar refractivity (Wildman–Crippen MR) is 124 cm³/mol. The number of benzene rings is 2. The first-order valence-electron chi connectivity index (χ1n) is 10.5. The molecule has 1 aromatic heterocycles. The number of nitrogens with one attached hydrogen (secondary N) is 1. The zero-order valence-corrected chi connectivity index (χ0v) is 18.3. The van der Waals surface area contributed by atoms with Gasteiger partial charge in [-0.3, -0.25) is 4.79 Å². The van der Waals surface area contributed by atoms with Crippen LogP contribution in [-0.4, -0.2) is 23.5 Å². The topological polar surface area (TPSA) is 59.9 Å². The van der Waals surface area contributed by atoms with Gasteiger partial charge in [0.15, 0.2) is 0 Å². The molecule has 31 heavy (non-hydrogen) atoms. The molecule has 0 bridgehead atoms. The largest absolute Gasteiger partial charge is 0.375 e. The number of hydrogen-bond donors (Lipinski definition) is 1. The van der Waals surface area contributed by atoms with Gasteiger partial charge in [-0.15, -0.1) is 0 Å². The van der Waals surface area contributed by atoms with E-state index < -0.39 is 5.41 Å². The van der Waals surface area contributed by atoms with Crippen molar-refractivity contribution in [3.63, 3.8) is 0 Å². The summed E-state index contributed by atoms with van der Waals surface area (Å²) in [5.41, 5.74) is 3.34. The summed E-state index contributed by atoms with van der Waals surface area (Å²) < 4.78 is 13.1. The number of aromatic nitrogens is 1. The molecule has 0 radical (unpaired) electrons. The first kappa shape index (κ1) is 22.3. The molecule has 5 heteroatoms. The van der Waals surface area contributed by atoms with Crippen LogP contribution in [0.5, 0.6) is 0 Å². The summed E-state index contributed by atoms with van der Waals surface area (Å²) in [6, 6.07) is 16.5. The highest BCUT2D eigenvalue weighted by Crippen LogP contribution is 2.31. The zero-order valence-electron chi connectivity index (χ0n) is 18.3. The second-order valence-electron chi connectivity index (χ2n) is 8.20. The number of pyridine rings is 1. The number of aryl methyl sites for hydroxylation is 1. The van der Waals surface area contributed by atoms with Crippen LogP contribution in [0.15, 0.2) is 59.9 Å². The Hall–Kier alpha value is -3.39.